The van der Waals surface area contributed by atoms with Gasteiger partial charge in [-0.05, 0) is 35.9 Å². The lowest BCUT2D eigenvalue weighted by atomic mass is 10.0. The smallest absolute Gasteiger partial charge is 0.258 e. The number of aromatic nitrogens is 2. The van der Waals surface area contributed by atoms with Crippen LogP contribution in [0.1, 0.15) is 5.56 Å². The van der Waals surface area contributed by atoms with Gasteiger partial charge in [0.25, 0.3) is 5.91 Å². The summed E-state index contributed by atoms with van der Waals surface area (Å²) in [7, 11) is 0. The molecule has 6 nitrogen and oxygen atoms in total. The number of hydrogen-bond acceptors (Lipinski definition) is 5. The fraction of sp³-hybridized carbons (Fsp3) is 0.190. The van der Waals surface area contributed by atoms with Gasteiger partial charge < -0.3 is 14.8 Å². The van der Waals surface area contributed by atoms with Crippen molar-refractivity contribution in [3.05, 3.63) is 72.7 Å². The average Bonchev–Trinajstić information content (AvgIpc) is 3.14. The van der Waals surface area contributed by atoms with E-state index in [4.69, 9.17) is 9.47 Å². The zero-order valence-electron chi connectivity index (χ0n) is 14.7. The van der Waals surface area contributed by atoms with Gasteiger partial charge in [-0.1, -0.05) is 18.2 Å². The monoisotopic (exact) mass is 361 g/mol. The number of fused-ring (bicyclic) bond motifs is 1. The van der Waals surface area contributed by atoms with Crippen LogP contribution in [0.25, 0.3) is 11.3 Å². The van der Waals surface area contributed by atoms with Crippen LogP contribution in [-0.4, -0.2) is 35.1 Å². The quantitative estimate of drug-likeness (QED) is 0.731. The summed E-state index contributed by atoms with van der Waals surface area (Å²) in [5, 5.41) is 2.86. The molecule has 1 N–H and O–H groups in total. The van der Waals surface area contributed by atoms with Gasteiger partial charge in [0.15, 0.2) is 6.61 Å². The minimum Gasteiger partial charge on any atom is -0.488 e. The Morgan fingerprint density at radius 2 is 2.07 bits per heavy atom. The van der Waals surface area contributed by atoms with E-state index in [2.05, 4.69) is 21.4 Å². The highest BCUT2D eigenvalue weighted by atomic mass is 16.5. The predicted molar refractivity (Wildman–Crippen MR) is 101 cm³/mol. The van der Waals surface area contributed by atoms with E-state index in [9.17, 15) is 4.79 Å². The van der Waals surface area contributed by atoms with Gasteiger partial charge in [0.05, 0.1) is 18.4 Å². The molecule has 0 saturated carbocycles. The van der Waals surface area contributed by atoms with Gasteiger partial charge in [0.2, 0.25) is 0 Å². The van der Waals surface area contributed by atoms with Crippen LogP contribution in [0.15, 0.2) is 67.1 Å². The zero-order chi connectivity index (χ0) is 18.5. The first kappa shape index (κ1) is 17.0. The van der Waals surface area contributed by atoms with Gasteiger partial charge in [0, 0.05) is 24.4 Å². The van der Waals surface area contributed by atoms with E-state index in [-0.39, 0.29) is 18.6 Å². The molecule has 0 unspecified atom stereocenters. The zero-order valence-corrected chi connectivity index (χ0v) is 14.7. The van der Waals surface area contributed by atoms with E-state index in [1.807, 2.05) is 42.5 Å². The summed E-state index contributed by atoms with van der Waals surface area (Å²) in [6.07, 6.45) is 5.72. The van der Waals surface area contributed by atoms with Crippen molar-refractivity contribution in [2.45, 2.75) is 12.5 Å². The maximum Gasteiger partial charge on any atom is 0.258 e. The molecular formula is C21H19N3O3. The summed E-state index contributed by atoms with van der Waals surface area (Å²) in [5.74, 6) is 1.36. The van der Waals surface area contributed by atoms with Gasteiger partial charge in [0.1, 0.15) is 17.6 Å². The molecule has 1 aromatic heterocycles. The third-order valence-electron chi connectivity index (χ3n) is 4.30. The molecule has 0 saturated heterocycles. The summed E-state index contributed by atoms with van der Waals surface area (Å²) in [6, 6.07) is 15.3. The van der Waals surface area contributed by atoms with Gasteiger partial charge in [-0.15, -0.1) is 0 Å². The first-order chi connectivity index (χ1) is 13.3. The van der Waals surface area contributed by atoms with Gasteiger partial charge in [-0.3, -0.25) is 14.8 Å². The van der Waals surface area contributed by atoms with Crippen molar-refractivity contribution in [1.82, 2.24) is 15.3 Å². The number of nitrogens with zero attached hydrogens (tertiary/aromatic N) is 2. The number of carbonyl (C=O) groups is 1. The molecular weight excluding hydrogens is 342 g/mol. The molecule has 0 bridgehead atoms. The molecule has 6 heteroatoms. The first-order valence-electron chi connectivity index (χ1n) is 8.78. The SMILES string of the molecule is O=C(COc1ccccc1)NC[C@@H]1Cc2cc(-c3cnccn3)ccc2O1. The molecule has 27 heavy (non-hydrogen) atoms. The number of hydrogen-bond donors (Lipinski definition) is 1. The van der Waals surface area contributed by atoms with Crippen LogP contribution in [-0.2, 0) is 11.2 Å². The van der Waals surface area contributed by atoms with Crippen molar-refractivity contribution < 1.29 is 14.3 Å². The van der Waals surface area contributed by atoms with E-state index in [0.717, 1.165) is 29.0 Å². The maximum absolute atomic E-state index is 12.0. The molecule has 1 atom stereocenters. The minimum atomic E-state index is -0.168. The first-order valence-corrected chi connectivity index (χ1v) is 8.78. The van der Waals surface area contributed by atoms with E-state index < -0.39 is 0 Å². The van der Waals surface area contributed by atoms with Crippen LogP contribution in [0.5, 0.6) is 11.5 Å². The molecule has 1 amide bonds. The standard InChI is InChI=1S/C21H19N3O3/c25-21(14-26-17-4-2-1-3-5-17)24-12-18-11-16-10-15(6-7-20(16)27-18)19-13-22-8-9-23-19/h1-10,13,18H,11-12,14H2,(H,24,25)/t18-/m0/s1. The number of amides is 1. The normalized spacial score (nSPS) is 14.9. The number of ether oxygens (including phenoxy) is 2. The van der Waals surface area contributed by atoms with E-state index in [1.165, 1.54) is 0 Å². The largest absolute Gasteiger partial charge is 0.488 e. The fourth-order valence-electron chi connectivity index (χ4n) is 2.99. The van der Waals surface area contributed by atoms with Crippen LogP contribution in [0.3, 0.4) is 0 Å². The lowest BCUT2D eigenvalue weighted by molar-refractivity contribution is -0.123. The topological polar surface area (TPSA) is 73.3 Å². The van der Waals surface area contributed by atoms with Gasteiger partial charge >= 0.3 is 0 Å². The summed E-state index contributed by atoms with van der Waals surface area (Å²) in [4.78, 5) is 20.4. The second-order valence-corrected chi connectivity index (χ2v) is 6.26. The van der Waals surface area contributed by atoms with E-state index in [1.54, 1.807) is 18.6 Å². The summed E-state index contributed by atoms with van der Waals surface area (Å²) < 4.78 is 11.4. The Morgan fingerprint density at radius 3 is 2.89 bits per heavy atom. The molecule has 136 valence electrons. The number of benzene rings is 2. The third-order valence-corrected chi connectivity index (χ3v) is 4.30. The Balaban J connectivity index is 1.29. The number of para-hydroxylation sites is 1. The Hall–Kier alpha value is -3.41. The van der Waals surface area contributed by atoms with Crippen molar-refractivity contribution in [2.75, 3.05) is 13.2 Å². The van der Waals surface area contributed by atoms with E-state index in [0.29, 0.717) is 12.3 Å². The summed E-state index contributed by atoms with van der Waals surface area (Å²) in [6.45, 7) is 0.423. The summed E-state index contributed by atoms with van der Waals surface area (Å²) in [5.41, 5.74) is 2.94. The fourth-order valence-corrected chi connectivity index (χ4v) is 2.99. The molecule has 1 aliphatic heterocycles. The molecule has 0 aliphatic carbocycles. The maximum atomic E-state index is 12.0. The molecule has 2 heterocycles. The molecule has 1 aliphatic rings. The Morgan fingerprint density at radius 1 is 1.19 bits per heavy atom. The van der Waals surface area contributed by atoms with Gasteiger partial charge in [-0.2, -0.15) is 0 Å². The van der Waals surface area contributed by atoms with E-state index >= 15 is 0 Å². The van der Waals surface area contributed by atoms with Crippen molar-refractivity contribution >= 4 is 5.91 Å². The van der Waals surface area contributed by atoms with Crippen molar-refractivity contribution in [3.8, 4) is 22.8 Å². The molecule has 0 spiro atoms. The lowest BCUT2D eigenvalue weighted by Gasteiger charge is -2.12. The van der Waals surface area contributed by atoms with Crippen LogP contribution in [0.4, 0.5) is 0 Å². The Bertz CT molecular complexity index is 916. The Kier molecular flexibility index (Phi) is 4.96. The highest BCUT2D eigenvalue weighted by Crippen LogP contribution is 2.32. The molecule has 3 aromatic rings. The third kappa shape index (κ3) is 4.23. The number of rotatable bonds is 6. The van der Waals surface area contributed by atoms with Gasteiger partial charge in [-0.25, -0.2) is 0 Å². The van der Waals surface area contributed by atoms with Crippen LogP contribution in [0, 0.1) is 0 Å². The molecule has 2 aromatic carbocycles. The molecule has 0 fully saturated rings. The van der Waals surface area contributed by atoms with Crippen LogP contribution >= 0.6 is 0 Å². The van der Waals surface area contributed by atoms with Crippen LogP contribution in [0.2, 0.25) is 0 Å². The Labute approximate surface area is 157 Å². The highest BCUT2D eigenvalue weighted by molar-refractivity contribution is 5.77. The van der Waals surface area contributed by atoms with Crippen molar-refractivity contribution in [2.24, 2.45) is 0 Å². The summed E-state index contributed by atoms with van der Waals surface area (Å²) >= 11 is 0. The van der Waals surface area contributed by atoms with Crippen molar-refractivity contribution in [1.29, 1.82) is 0 Å². The van der Waals surface area contributed by atoms with Crippen molar-refractivity contribution in [3.63, 3.8) is 0 Å². The van der Waals surface area contributed by atoms with Crippen LogP contribution < -0.4 is 14.8 Å². The molecule has 0 radical (unpaired) electrons. The number of nitrogens with one attached hydrogen (secondary N) is 1. The average molecular weight is 361 g/mol. The second-order valence-electron chi connectivity index (χ2n) is 6.26. The number of carbonyl (C=O) groups excluding carboxylic acids is 1. The lowest BCUT2D eigenvalue weighted by Crippen LogP contribution is -2.37. The highest BCUT2D eigenvalue weighted by Gasteiger charge is 2.24. The second kappa shape index (κ2) is 7.86. The minimum absolute atomic E-state index is 0.0134. The molecule has 4 rings (SSSR count). The predicted octanol–water partition coefficient (Wildman–Crippen LogP) is 2.64.